The lowest BCUT2D eigenvalue weighted by Crippen LogP contribution is -2.24. The first-order chi connectivity index (χ1) is 11.7. The van der Waals surface area contributed by atoms with Crippen LogP contribution in [0.25, 0.3) is 16.6 Å². The standard InChI is InChI=1S/C17H12FI2N3O2/c1-17(2,20)10-5-9-7-22-23(16(25)14(9)12(18)6-10)15-11(8-24)13(19)3-4-21-15/h3-8H,1-2H3. The molecule has 3 rings (SSSR count). The summed E-state index contributed by atoms with van der Waals surface area (Å²) < 4.78 is 16.0. The van der Waals surface area contributed by atoms with E-state index >= 15 is 0 Å². The molecule has 0 unspecified atom stereocenters. The Balaban J connectivity index is 2.33. The van der Waals surface area contributed by atoms with Crippen molar-refractivity contribution >= 4 is 62.2 Å². The van der Waals surface area contributed by atoms with Gasteiger partial charge in [0.15, 0.2) is 12.1 Å². The van der Waals surface area contributed by atoms with Gasteiger partial charge in [-0.25, -0.2) is 9.37 Å². The summed E-state index contributed by atoms with van der Waals surface area (Å²) in [6.07, 6.45) is 3.50. The molecule has 0 aliphatic rings. The Hall–Kier alpha value is -1.43. The molecule has 0 spiro atoms. The van der Waals surface area contributed by atoms with Crippen molar-refractivity contribution in [2.24, 2.45) is 0 Å². The van der Waals surface area contributed by atoms with E-state index in [0.29, 0.717) is 15.2 Å². The number of hydrogen-bond acceptors (Lipinski definition) is 4. The Bertz CT molecular complexity index is 1060. The number of halogens is 3. The van der Waals surface area contributed by atoms with Crippen LogP contribution in [0.4, 0.5) is 4.39 Å². The van der Waals surface area contributed by atoms with Crippen LogP contribution in [0.3, 0.4) is 0 Å². The maximum absolute atomic E-state index is 14.7. The average Bonchev–Trinajstić information content (AvgIpc) is 2.53. The van der Waals surface area contributed by atoms with Crippen LogP contribution in [0.1, 0.15) is 29.8 Å². The molecule has 0 aliphatic heterocycles. The van der Waals surface area contributed by atoms with Crippen LogP contribution in [0.5, 0.6) is 0 Å². The van der Waals surface area contributed by atoms with Gasteiger partial charge in [0.25, 0.3) is 5.56 Å². The van der Waals surface area contributed by atoms with Crippen LogP contribution in [0, 0.1) is 9.39 Å². The second kappa shape index (κ2) is 6.71. The molecule has 25 heavy (non-hydrogen) atoms. The summed E-state index contributed by atoms with van der Waals surface area (Å²) in [5.74, 6) is -0.525. The van der Waals surface area contributed by atoms with Crippen molar-refractivity contribution in [3.8, 4) is 5.82 Å². The monoisotopic (exact) mass is 563 g/mol. The molecular formula is C17H12FI2N3O2. The van der Waals surface area contributed by atoms with Crippen LogP contribution < -0.4 is 5.56 Å². The van der Waals surface area contributed by atoms with Crippen LogP contribution in [-0.2, 0) is 3.42 Å². The van der Waals surface area contributed by atoms with Gasteiger partial charge in [0.2, 0.25) is 0 Å². The SMILES string of the molecule is CC(C)(I)c1cc(F)c2c(=O)n(-c3nccc(I)c3C=O)ncc2c1. The van der Waals surface area contributed by atoms with Gasteiger partial charge in [-0.05, 0) is 60.2 Å². The molecule has 0 saturated carbocycles. The molecule has 0 N–H and O–H groups in total. The van der Waals surface area contributed by atoms with Gasteiger partial charge in [0, 0.05) is 18.6 Å². The predicted octanol–water partition coefficient (Wildman–Crippen LogP) is 4.01. The fourth-order valence-electron chi connectivity index (χ4n) is 2.44. The third-order valence-electron chi connectivity index (χ3n) is 3.76. The van der Waals surface area contributed by atoms with Crippen LogP contribution in [0.2, 0.25) is 0 Å². The summed E-state index contributed by atoms with van der Waals surface area (Å²) in [5, 5.41) is 4.44. The molecule has 0 bridgehead atoms. The van der Waals surface area contributed by atoms with E-state index < -0.39 is 11.4 Å². The lowest BCUT2D eigenvalue weighted by Gasteiger charge is -2.18. The highest BCUT2D eigenvalue weighted by Crippen LogP contribution is 2.33. The highest BCUT2D eigenvalue weighted by Gasteiger charge is 2.21. The number of benzene rings is 1. The molecule has 0 fully saturated rings. The molecule has 5 nitrogen and oxygen atoms in total. The number of fused-ring (bicyclic) bond motifs is 1. The van der Waals surface area contributed by atoms with E-state index in [9.17, 15) is 14.0 Å². The van der Waals surface area contributed by atoms with Crippen molar-refractivity contribution in [3.05, 3.63) is 61.5 Å². The third-order valence-corrected chi connectivity index (χ3v) is 5.32. The largest absolute Gasteiger partial charge is 0.298 e. The first-order valence-electron chi connectivity index (χ1n) is 7.25. The summed E-state index contributed by atoms with van der Waals surface area (Å²) in [5.41, 5.74) is 0.353. The van der Waals surface area contributed by atoms with Crippen LogP contribution in [-0.4, -0.2) is 21.1 Å². The van der Waals surface area contributed by atoms with E-state index in [1.165, 1.54) is 18.5 Å². The van der Waals surface area contributed by atoms with E-state index in [-0.39, 0.29) is 20.2 Å². The molecule has 128 valence electrons. The van der Waals surface area contributed by atoms with Crippen molar-refractivity contribution in [2.75, 3.05) is 0 Å². The minimum atomic E-state index is -0.648. The topological polar surface area (TPSA) is 64.8 Å². The zero-order valence-electron chi connectivity index (χ0n) is 13.3. The number of carbonyl (C=O) groups excluding carboxylic acids is 1. The number of pyridine rings is 1. The molecule has 0 amide bonds. The fourth-order valence-corrected chi connectivity index (χ4v) is 3.29. The number of aldehydes is 1. The molecule has 2 aromatic heterocycles. The fraction of sp³-hybridized carbons (Fsp3) is 0.176. The number of nitrogens with zero attached hydrogens (tertiary/aromatic N) is 3. The maximum Gasteiger partial charge on any atom is 0.283 e. The van der Waals surface area contributed by atoms with Crippen molar-refractivity contribution in [3.63, 3.8) is 0 Å². The highest BCUT2D eigenvalue weighted by atomic mass is 127. The molecule has 0 radical (unpaired) electrons. The Morgan fingerprint density at radius 1 is 1.32 bits per heavy atom. The van der Waals surface area contributed by atoms with Gasteiger partial charge in [0.05, 0.1) is 17.1 Å². The summed E-state index contributed by atoms with van der Waals surface area (Å²) in [7, 11) is 0. The van der Waals surface area contributed by atoms with E-state index in [1.54, 1.807) is 12.1 Å². The smallest absolute Gasteiger partial charge is 0.283 e. The zero-order chi connectivity index (χ0) is 18.4. The predicted molar refractivity (Wildman–Crippen MR) is 110 cm³/mol. The number of rotatable bonds is 3. The summed E-state index contributed by atoms with van der Waals surface area (Å²) in [6, 6.07) is 4.77. The molecule has 1 aromatic carbocycles. The quantitative estimate of drug-likeness (QED) is 0.275. The summed E-state index contributed by atoms with van der Waals surface area (Å²) >= 11 is 4.18. The molecule has 8 heteroatoms. The summed E-state index contributed by atoms with van der Waals surface area (Å²) in [6.45, 7) is 3.91. The van der Waals surface area contributed by atoms with E-state index in [4.69, 9.17) is 0 Å². The average molecular weight is 563 g/mol. The number of hydrogen-bond donors (Lipinski definition) is 0. The van der Waals surface area contributed by atoms with E-state index in [1.807, 2.05) is 36.4 Å². The third kappa shape index (κ3) is 3.33. The van der Waals surface area contributed by atoms with Gasteiger partial charge in [0.1, 0.15) is 5.82 Å². The van der Waals surface area contributed by atoms with Crippen molar-refractivity contribution in [1.82, 2.24) is 14.8 Å². The molecule has 2 heterocycles. The Morgan fingerprint density at radius 2 is 2.04 bits per heavy atom. The minimum Gasteiger partial charge on any atom is -0.298 e. The molecule has 3 aromatic rings. The van der Waals surface area contributed by atoms with Crippen LogP contribution >= 0.6 is 45.2 Å². The highest BCUT2D eigenvalue weighted by molar-refractivity contribution is 14.1. The van der Waals surface area contributed by atoms with Crippen molar-refractivity contribution < 1.29 is 9.18 Å². The Labute approximate surface area is 169 Å². The van der Waals surface area contributed by atoms with Gasteiger partial charge < -0.3 is 0 Å². The minimum absolute atomic E-state index is 0.0723. The first-order valence-corrected chi connectivity index (χ1v) is 9.41. The van der Waals surface area contributed by atoms with Crippen molar-refractivity contribution in [1.29, 1.82) is 0 Å². The summed E-state index contributed by atoms with van der Waals surface area (Å²) in [4.78, 5) is 28.2. The molecule has 0 aliphatic carbocycles. The second-order valence-electron chi connectivity index (χ2n) is 5.90. The van der Waals surface area contributed by atoms with Gasteiger partial charge in [-0.2, -0.15) is 9.78 Å². The molecule has 0 saturated heterocycles. The van der Waals surface area contributed by atoms with E-state index in [2.05, 4.69) is 32.7 Å². The first kappa shape index (κ1) is 18.4. The Morgan fingerprint density at radius 3 is 2.68 bits per heavy atom. The van der Waals surface area contributed by atoms with Gasteiger partial charge in [-0.1, -0.05) is 22.6 Å². The van der Waals surface area contributed by atoms with Gasteiger partial charge in [-0.15, -0.1) is 0 Å². The number of aromatic nitrogens is 3. The van der Waals surface area contributed by atoms with E-state index in [0.717, 1.165) is 10.2 Å². The lowest BCUT2D eigenvalue weighted by molar-refractivity contribution is 0.112. The maximum atomic E-state index is 14.7. The Kier molecular flexibility index (Phi) is 4.93. The van der Waals surface area contributed by atoms with Crippen molar-refractivity contribution in [2.45, 2.75) is 17.3 Å². The number of alkyl halides is 1. The number of carbonyl (C=O) groups is 1. The molecular weight excluding hydrogens is 551 g/mol. The van der Waals surface area contributed by atoms with Gasteiger partial charge in [-0.3, -0.25) is 9.59 Å². The van der Waals surface area contributed by atoms with Crippen LogP contribution in [0.15, 0.2) is 35.4 Å². The second-order valence-corrected chi connectivity index (χ2v) is 9.76. The normalized spacial score (nSPS) is 11.7. The van der Waals surface area contributed by atoms with Gasteiger partial charge >= 0.3 is 0 Å². The zero-order valence-corrected chi connectivity index (χ0v) is 17.6. The molecule has 0 atom stereocenters. The lowest BCUT2D eigenvalue weighted by atomic mass is 10.00.